The molecule has 1 aromatic heterocycles. The van der Waals surface area contributed by atoms with E-state index in [9.17, 15) is 0 Å². The Hall–Kier alpha value is -1.71. The molecular weight excluding hydrogens is 283 g/mol. The molecule has 3 rings (SSSR count). The standard InChI is InChI=1S/C14H10Cl2N2O/c15-9-3-1-4-10(7-9)19-8-13-17-12-6-2-5-11(16)14(12)18-13/h1-7H,8H2,(H,17,18). The summed E-state index contributed by atoms with van der Waals surface area (Å²) in [6.45, 7) is 0.339. The molecule has 0 saturated carbocycles. The number of nitrogens with zero attached hydrogens (tertiary/aromatic N) is 1. The van der Waals surface area contributed by atoms with E-state index in [2.05, 4.69) is 9.97 Å². The molecular formula is C14H10Cl2N2O. The van der Waals surface area contributed by atoms with Gasteiger partial charge in [-0.3, -0.25) is 0 Å². The van der Waals surface area contributed by atoms with Crippen LogP contribution in [0.25, 0.3) is 11.0 Å². The van der Waals surface area contributed by atoms with Crippen LogP contribution in [0.3, 0.4) is 0 Å². The third-order valence-corrected chi connectivity index (χ3v) is 3.22. The van der Waals surface area contributed by atoms with Gasteiger partial charge in [-0.25, -0.2) is 4.98 Å². The Labute approximate surface area is 120 Å². The third-order valence-electron chi connectivity index (χ3n) is 2.68. The Balaban J connectivity index is 1.80. The zero-order valence-electron chi connectivity index (χ0n) is 9.86. The summed E-state index contributed by atoms with van der Waals surface area (Å²) < 4.78 is 5.62. The zero-order chi connectivity index (χ0) is 13.2. The van der Waals surface area contributed by atoms with E-state index in [4.69, 9.17) is 27.9 Å². The number of hydrogen-bond acceptors (Lipinski definition) is 2. The van der Waals surface area contributed by atoms with Crippen molar-refractivity contribution in [3.8, 4) is 5.75 Å². The van der Waals surface area contributed by atoms with Gasteiger partial charge >= 0.3 is 0 Å². The van der Waals surface area contributed by atoms with Crippen LogP contribution in [0.1, 0.15) is 5.82 Å². The number of H-pyrrole nitrogens is 1. The van der Waals surface area contributed by atoms with Gasteiger partial charge in [0.1, 0.15) is 23.7 Å². The van der Waals surface area contributed by atoms with Crippen LogP contribution in [0.5, 0.6) is 5.75 Å². The van der Waals surface area contributed by atoms with Crippen molar-refractivity contribution in [1.82, 2.24) is 9.97 Å². The number of para-hydroxylation sites is 1. The Morgan fingerprint density at radius 3 is 2.74 bits per heavy atom. The van der Waals surface area contributed by atoms with Crippen molar-refractivity contribution in [2.75, 3.05) is 0 Å². The molecule has 96 valence electrons. The predicted molar refractivity (Wildman–Crippen MR) is 76.9 cm³/mol. The highest BCUT2D eigenvalue weighted by molar-refractivity contribution is 6.34. The second-order valence-electron chi connectivity index (χ2n) is 4.07. The van der Waals surface area contributed by atoms with Crippen LogP contribution in [0.15, 0.2) is 42.5 Å². The number of ether oxygens (including phenoxy) is 1. The number of imidazole rings is 1. The average molecular weight is 293 g/mol. The second-order valence-corrected chi connectivity index (χ2v) is 4.91. The molecule has 5 heteroatoms. The van der Waals surface area contributed by atoms with Crippen LogP contribution in [0, 0.1) is 0 Å². The number of halogens is 2. The lowest BCUT2D eigenvalue weighted by Crippen LogP contribution is -1.97. The normalized spacial score (nSPS) is 10.8. The maximum absolute atomic E-state index is 6.07. The van der Waals surface area contributed by atoms with Crippen LogP contribution in [0.2, 0.25) is 10.0 Å². The van der Waals surface area contributed by atoms with Crippen molar-refractivity contribution in [3.05, 3.63) is 58.3 Å². The van der Waals surface area contributed by atoms with Crippen molar-refractivity contribution in [2.45, 2.75) is 6.61 Å². The topological polar surface area (TPSA) is 37.9 Å². The fourth-order valence-corrected chi connectivity index (χ4v) is 2.22. The lowest BCUT2D eigenvalue weighted by molar-refractivity contribution is 0.297. The number of hydrogen-bond donors (Lipinski definition) is 1. The van der Waals surface area contributed by atoms with Crippen molar-refractivity contribution in [1.29, 1.82) is 0 Å². The number of fused-ring (bicyclic) bond motifs is 1. The molecule has 0 saturated heterocycles. The van der Waals surface area contributed by atoms with Gasteiger partial charge < -0.3 is 9.72 Å². The molecule has 0 aliphatic carbocycles. The first-order valence-electron chi connectivity index (χ1n) is 5.74. The minimum Gasteiger partial charge on any atom is -0.486 e. The molecule has 0 aliphatic heterocycles. The molecule has 1 heterocycles. The van der Waals surface area contributed by atoms with E-state index in [1.54, 1.807) is 12.1 Å². The highest BCUT2D eigenvalue weighted by Gasteiger charge is 2.06. The van der Waals surface area contributed by atoms with Crippen molar-refractivity contribution in [3.63, 3.8) is 0 Å². The number of aromatic amines is 1. The summed E-state index contributed by atoms with van der Waals surface area (Å²) in [5.41, 5.74) is 1.66. The number of nitrogens with one attached hydrogen (secondary N) is 1. The summed E-state index contributed by atoms with van der Waals surface area (Å²) in [4.78, 5) is 7.57. The van der Waals surface area contributed by atoms with Crippen LogP contribution < -0.4 is 4.74 Å². The fraction of sp³-hybridized carbons (Fsp3) is 0.0714. The molecule has 0 spiro atoms. The number of benzene rings is 2. The lowest BCUT2D eigenvalue weighted by atomic mass is 10.3. The maximum atomic E-state index is 6.07. The van der Waals surface area contributed by atoms with Gasteiger partial charge in [-0.05, 0) is 30.3 Å². The summed E-state index contributed by atoms with van der Waals surface area (Å²) in [5.74, 6) is 1.43. The van der Waals surface area contributed by atoms with E-state index in [-0.39, 0.29) is 0 Å². The summed E-state index contributed by atoms with van der Waals surface area (Å²) in [6, 6.07) is 12.9. The van der Waals surface area contributed by atoms with Gasteiger partial charge in [0.2, 0.25) is 0 Å². The largest absolute Gasteiger partial charge is 0.486 e. The highest BCUT2D eigenvalue weighted by atomic mass is 35.5. The molecule has 3 aromatic rings. The van der Waals surface area contributed by atoms with E-state index < -0.39 is 0 Å². The molecule has 2 aromatic carbocycles. The Kier molecular flexibility index (Phi) is 3.32. The SMILES string of the molecule is Clc1cccc(OCc2nc3c(Cl)cccc3[nH]2)c1. The van der Waals surface area contributed by atoms with Crippen LogP contribution in [0.4, 0.5) is 0 Å². The van der Waals surface area contributed by atoms with Crippen molar-refractivity contribution >= 4 is 34.2 Å². The van der Waals surface area contributed by atoms with E-state index in [0.717, 1.165) is 16.9 Å². The van der Waals surface area contributed by atoms with E-state index in [1.165, 1.54) is 0 Å². The van der Waals surface area contributed by atoms with Gasteiger partial charge in [0.25, 0.3) is 0 Å². The molecule has 1 N–H and O–H groups in total. The Morgan fingerprint density at radius 1 is 1.11 bits per heavy atom. The van der Waals surface area contributed by atoms with Gasteiger partial charge in [-0.1, -0.05) is 35.3 Å². The van der Waals surface area contributed by atoms with Gasteiger partial charge in [0.15, 0.2) is 0 Å². The first kappa shape index (κ1) is 12.3. The van der Waals surface area contributed by atoms with E-state index >= 15 is 0 Å². The molecule has 19 heavy (non-hydrogen) atoms. The number of aromatic nitrogens is 2. The lowest BCUT2D eigenvalue weighted by Gasteiger charge is -2.03. The van der Waals surface area contributed by atoms with Crippen LogP contribution in [-0.4, -0.2) is 9.97 Å². The van der Waals surface area contributed by atoms with Gasteiger partial charge in [-0.15, -0.1) is 0 Å². The van der Waals surface area contributed by atoms with E-state index in [1.807, 2.05) is 30.3 Å². The Bertz CT molecular complexity index is 724. The first-order chi connectivity index (χ1) is 9.22. The third kappa shape index (κ3) is 2.67. The molecule has 0 amide bonds. The smallest absolute Gasteiger partial charge is 0.146 e. The quantitative estimate of drug-likeness (QED) is 0.774. The molecule has 0 atom stereocenters. The van der Waals surface area contributed by atoms with Crippen LogP contribution >= 0.6 is 23.2 Å². The monoisotopic (exact) mass is 292 g/mol. The molecule has 0 unspecified atom stereocenters. The molecule has 0 aliphatic rings. The second kappa shape index (κ2) is 5.11. The predicted octanol–water partition coefficient (Wildman–Crippen LogP) is 4.45. The van der Waals surface area contributed by atoms with Crippen molar-refractivity contribution < 1.29 is 4.74 Å². The molecule has 0 radical (unpaired) electrons. The average Bonchev–Trinajstić information content (AvgIpc) is 2.81. The summed E-state index contributed by atoms with van der Waals surface area (Å²) in [7, 11) is 0. The molecule has 0 bridgehead atoms. The van der Waals surface area contributed by atoms with Crippen molar-refractivity contribution in [2.24, 2.45) is 0 Å². The Morgan fingerprint density at radius 2 is 1.95 bits per heavy atom. The number of rotatable bonds is 3. The maximum Gasteiger partial charge on any atom is 0.146 e. The minimum atomic E-state index is 0.339. The van der Waals surface area contributed by atoms with E-state index in [0.29, 0.717) is 22.4 Å². The molecule has 3 nitrogen and oxygen atoms in total. The fourth-order valence-electron chi connectivity index (χ4n) is 1.83. The van der Waals surface area contributed by atoms with Gasteiger partial charge in [-0.2, -0.15) is 0 Å². The summed E-state index contributed by atoms with van der Waals surface area (Å²) >= 11 is 12.0. The van der Waals surface area contributed by atoms with Crippen LogP contribution in [-0.2, 0) is 6.61 Å². The summed E-state index contributed by atoms with van der Waals surface area (Å²) in [6.07, 6.45) is 0. The van der Waals surface area contributed by atoms with Gasteiger partial charge in [0, 0.05) is 5.02 Å². The molecule has 0 fully saturated rings. The van der Waals surface area contributed by atoms with Gasteiger partial charge in [0.05, 0.1) is 10.5 Å². The highest BCUT2D eigenvalue weighted by Crippen LogP contribution is 2.22. The summed E-state index contributed by atoms with van der Waals surface area (Å²) in [5, 5.41) is 1.27. The first-order valence-corrected chi connectivity index (χ1v) is 6.49. The zero-order valence-corrected chi connectivity index (χ0v) is 11.4. The minimum absolute atomic E-state index is 0.339.